The molecule has 4 nitrogen and oxygen atoms in total. The van der Waals surface area contributed by atoms with Crippen LogP contribution < -0.4 is 5.32 Å². The van der Waals surface area contributed by atoms with Crippen molar-refractivity contribution in [2.24, 2.45) is 0 Å². The topological polar surface area (TPSA) is 52.6 Å². The van der Waals surface area contributed by atoms with Crippen LogP contribution in [0.25, 0.3) is 0 Å². The molecule has 1 aromatic rings. The summed E-state index contributed by atoms with van der Waals surface area (Å²) in [4.78, 5) is 13.7. The highest BCUT2D eigenvalue weighted by atomic mass is 35.5. The first-order chi connectivity index (χ1) is 8.58. The molecule has 1 heterocycles. The molecule has 0 radical (unpaired) electrons. The van der Waals surface area contributed by atoms with Gasteiger partial charge in [-0.05, 0) is 17.7 Å². The molecule has 0 aliphatic carbocycles. The number of nitrogens with one attached hydrogen (secondary N) is 1. The Morgan fingerprint density at radius 2 is 2.33 bits per heavy atom. The summed E-state index contributed by atoms with van der Waals surface area (Å²) < 4.78 is 0. The van der Waals surface area contributed by atoms with Gasteiger partial charge in [-0.15, -0.1) is 0 Å². The van der Waals surface area contributed by atoms with Crippen LogP contribution >= 0.6 is 11.6 Å². The van der Waals surface area contributed by atoms with E-state index in [9.17, 15) is 9.90 Å². The Labute approximate surface area is 112 Å². The molecule has 1 amide bonds. The minimum absolute atomic E-state index is 0.00924. The Hall–Kier alpha value is -1.10. The summed E-state index contributed by atoms with van der Waals surface area (Å²) in [6.45, 7) is 1.18. The first-order valence-corrected chi connectivity index (χ1v) is 6.34. The molecule has 1 aliphatic rings. The number of likely N-dealkylation sites (N-methyl/N-ethyl adjacent to an activating group) is 1. The summed E-state index contributed by atoms with van der Waals surface area (Å²) in [5.41, 5.74) is 0.889. The maximum Gasteiger partial charge on any atom is 0.227 e. The van der Waals surface area contributed by atoms with Crippen molar-refractivity contribution in [3.8, 4) is 0 Å². The predicted molar refractivity (Wildman–Crippen MR) is 70.6 cm³/mol. The van der Waals surface area contributed by atoms with E-state index in [4.69, 9.17) is 11.6 Å². The van der Waals surface area contributed by atoms with Gasteiger partial charge >= 0.3 is 0 Å². The summed E-state index contributed by atoms with van der Waals surface area (Å²) in [6, 6.07) is 7.13. The molecule has 0 aromatic heterocycles. The molecule has 5 heteroatoms. The van der Waals surface area contributed by atoms with Crippen LogP contribution in [0.3, 0.4) is 0 Å². The van der Waals surface area contributed by atoms with Gasteiger partial charge in [0.05, 0.1) is 18.6 Å². The quantitative estimate of drug-likeness (QED) is 0.847. The SMILES string of the molecule is CN(C(=O)Cc1cccc(Cl)c1)[C@H]1CNC[C@@H]1O. The number of benzene rings is 1. The Bertz CT molecular complexity index is 439. The standard InChI is InChI=1S/C13H17ClN2O2/c1-16(11-7-15-8-12(11)17)13(18)6-9-3-2-4-10(14)5-9/h2-5,11-12,15,17H,6-8H2,1H3/t11-,12-/m0/s1. The van der Waals surface area contributed by atoms with Gasteiger partial charge in [-0.1, -0.05) is 23.7 Å². The molecule has 0 saturated carbocycles. The van der Waals surface area contributed by atoms with E-state index in [1.54, 1.807) is 24.1 Å². The Balaban J connectivity index is 1.99. The summed E-state index contributed by atoms with van der Waals surface area (Å²) in [6.07, 6.45) is -0.182. The molecule has 1 fully saturated rings. The van der Waals surface area contributed by atoms with Crippen LogP contribution in [0.2, 0.25) is 5.02 Å². The number of rotatable bonds is 3. The number of aliphatic hydroxyl groups excluding tert-OH is 1. The number of hydrogen-bond acceptors (Lipinski definition) is 3. The van der Waals surface area contributed by atoms with Crippen LogP contribution in [-0.4, -0.2) is 48.2 Å². The van der Waals surface area contributed by atoms with E-state index in [-0.39, 0.29) is 11.9 Å². The van der Waals surface area contributed by atoms with Crippen LogP contribution in [0.1, 0.15) is 5.56 Å². The van der Waals surface area contributed by atoms with Crippen LogP contribution in [0.15, 0.2) is 24.3 Å². The zero-order valence-electron chi connectivity index (χ0n) is 10.3. The van der Waals surface area contributed by atoms with Crippen molar-refractivity contribution in [1.82, 2.24) is 10.2 Å². The molecule has 1 aliphatic heterocycles. The Morgan fingerprint density at radius 3 is 2.94 bits per heavy atom. The van der Waals surface area contributed by atoms with Gasteiger partial charge in [0.2, 0.25) is 5.91 Å². The number of carbonyl (C=O) groups excluding carboxylic acids is 1. The Morgan fingerprint density at radius 1 is 1.56 bits per heavy atom. The zero-order chi connectivity index (χ0) is 13.1. The van der Waals surface area contributed by atoms with Gasteiger partial charge < -0.3 is 15.3 Å². The lowest BCUT2D eigenvalue weighted by atomic mass is 10.1. The lowest BCUT2D eigenvalue weighted by Gasteiger charge is -2.26. The van der Waals surface area contributed by atoms with Gasteiger partial charge in [-0.3, -0.25) is 4.79 Å². The van der Waals surface area contributed by atoms with E-state index in [0.717, 1.165) is 5.56 Å². The number of aliphatic hydroxyl groups is 1. The molecular weight excluding hydrogens is 252 g/mol. The second-order valence-electron chi connectivity index (χ2n) is 4.60. The Kier molecular flexibility index (Phi) is 4.22. The minimum atomic E-state index is -0.488. The van der Waals surface area contributed by atoms with Crippen LogP contribution in [-0.2, 0) is 11.2 Å². The van der Waals surface area contributed by atoms with Gasteiger partial charge in [0.1, 0.15) is 0 Å². The average Bonchev–Trinajstić information content (AvgIpc) is 2.74. The normalized spacial score (nSPS) is 23.1. The smallest absolute Gasteiger partial charge is 0.227 e. The molecule has 0 spiro atoms. The molecule has 2 rings (SSSR count). The number of β-amino-alcohol motifs (C(OH)–C–C–N with tert-alkyl or cyclic N) is 1. The van der Waals surface area contributed by atoms with Gasteiger partial charge in [0, 0.05) is 25.2 Å². The van der Waals surface area contributed by atoms with Crippen LogP contribution in [0, 0.1) is 0 Å². The lowest BCUT2D eigenvalue weighted by molar-refractivity contribution is -0.132. The van der Waals surface area contributed by atoms with E-state index < -0.39 is 6.10 Å². The highest BCUT2D eigenvalue weighted by molar-refractivity contribution is 6.30. The largest absolute Gasteiger partial charge is 0.390 e. The molecule has 18 heavy (non-hydrogen) atoms. The maximum atomic E-state index is 12.1. The van der Waals surface area contributed by atoms with Gasteiger partial charge in [0.25, 0.3) is 0 Å². The summed E-state index contributed by atoms with van der Waals surface area (Å²) in [5.74, 6) is -0.00924. The second kappa shape index (κ2) is 5.69. The fourth-order valence-corrected chi connectivity index (χ4v) is 2.39. The predicted octanol–water partition coefficient (Wildman–Crippen LogP) is 0.674. The van der Waals surface area contributed by atoms with Crippen LogP contribution in [0.4, 0.5) is 0 Å². The molecule has 2 N–H and O–H groups in total. The van der Waals surface area contributed by atoms with Crippen molar-refractivity contribution >= 4 is 17.5 Å². The average molecular weight is 269 g/mol. The minimum Gasteiger partial charge on any atom is -0.390 e. The highest BCUT2D eigenvalue weighted by Gasteiger charge is 2.30. The van der Waals surface area contributed by atoms with E-state index in [2.05, 4.69) is 5.32 Å². The van der Waals surface area contributed by atoms with Crippen molar-refractivity contribution in [1.29, 1.82) is 0 Å². The zero-order valence-corrected chi connectivity index (χ0v) is 11.0. The molecule has 0 bridgehead atoms. The van der Waals surface area contributed by atoms with Gasteiger partial charge in [-0.25, -0.2) is 0 Å². The third-order valence-corrected chi connectivity index (χ3v) is 3.52. The van der Waals surface area contributed by atoms with E-state index in [1.165, 1.54) is 0 Å². The fraction of sp³-hybridized carbons (Fsp3) is 0.462. The molecule has 98 valence electrons. The van der Waals surface area contributed by atoms with E-state index in [1.807, 2.05) is 12.1 Å². The van der Waals surface area contributed by atoms with E-state index >= 15 is 0 Å². The number of nitrogens with zero attached hydrogens (tertiary/aromatic N) is 1. The van der Waals surface area contributed by atoms with Crippen molar-refractivity contribution in [3.05, 3.63) is 34.9 Å². The third kappa shape index (κ3) is 3.02. The number of amides is 1. The number of hydrogen-bond donors (Lipinski definition) is 2. The monoisotopic (exact) mass is 268 g/mol. The summed E-state index contributed by atoms with van der Waals surface area (Å²) in [7, 11) is 1.73. The molecular formula is C13H17ClN2O2. The number of halogens is 1. The highest BCUT2D eigenvalue weighted by Crippen LogP contribution is 2.14. The van der Waals surface area contributed by atoms with Crippen molar-refractivity contribution < 1.29 is 9.90 Å². The molecule has 1 aromatic carbocycles. The second-order valence-corrected chi connectivity index (χ2v) is 5.04. The van der Waals surface area contributed by atoms with Crippen molar-refractivity contribution in [2.45, 2.75) is 18.6 Å². The van der Waals surface area contributed by atoms with Gasteiger partial charge in [-0.2, -0.15) is 0 Å². The first kappa shape index (κ1) is 13.3. The molecule has 1 saturated heterocycles. The lowest BCUT2D eigenvalue weighted by Crippen LogP contribution is -2.44. The summed E-state index contributed by atoms with van der Waals surface area (Å²) >= 11 is 5.88. The molecule has 2 atom stereocenters. The van der Waals surface area contributed by atoms with Crippen molar-refractivity contribution in [3.63, 3.8) is 0 Å². The van der Waals surface area contributed by atoms with Crippen molar-refractivity contribution in [2.75, 3.05) is 20.1 Å². The fourth-order valence-electron chi connectivity index (χ4n) is 2.18. The summed E-state index contributed by atoms with van der Waals surface area (Å²) in [5, 5.41) is 13.4. The van der Waals surface area contributed by atoms with Crippen LogP contribution in [0.5, 0.6) is 0 Å². The van der Waals surface area contributed by atoms with Gasteiger partial charge in [0.15, 0.2) is 0 Å². The maximum absolute atomic E-state index is 12.1. The first-order valence-electron chi connectivity index (χ1n) is 5.97. The van der Waals surface area contributed by atoms with E-state index in [0.29, 0.717) is 24.5 Å². The molecule has 0 unspecified atom stereocenters. The number of carbonyl (C=O) groups is 1. The third-order valence-electron chi connectivity index (χ3n) is 3.29.